The molecule has 2 nitrogen and oxygen atoms in total. The van der Waals surface area contributed by atoms with Crippen LogP contribution in [0.2, 0.25) is 0 Å². The average Bonchev–Trinajstić information content (AvgIpc) is 3.67. The smallest absolute Gasteiger partial charge is 0.137 e. The lowest BCUT2D eigenvalue weighted by Crippen LogP contribution is -2.25. The summed E-state index contributed by atoms with van der Waals surface area (Å²) in [5.41, 5.74) is 18.8. The van der Waals surface area contributed by atoms with Crippen molar-refractivity contribution in [3.63, 3.8) is 0 Å². The van der Waals surface area contributed by atoms with E-state index in [1.807, 2.05) is 6.07 Å². The van der Waals surface area contributed by atoms with E-state index in [1.54, 1.807) is 0 Å². The highest BCUT2D eigenvalue weighted by atomic mass is 16.3. The van der Waals surface area contributed by atoms with Crippen LogP contribution in [0.3, 0.4) is 0 Å². The van der Waals surface area contributed by atoms with Crippen molar-refractivity contribution in [3.8, 4) is 22.3 Å². The van der Waals surface area contributed by atoms with Crippen LogP contribution in [0.5, 0.6) is 0 Å². The van der Waals surface area contributed by atoms with Crippen LogP contribution in [0.15, 0.2) is 120 Å². The van der Waals surface area contributed by atoms with Gasteiger partial charge in [0, 0.05) is 44.6 Å². The van der Waals surface area contributed by atoms with Gasteiger partial charge in [0.15, 0.2) is 0 Å². The number of hydrogen-bond acceptors (Lipinski definition) is 2. The Kier molecular flexibility index (Phi) is 6.77. The molecule has 0 radical (unpaired) electrons. The van der Waals surface area contributed by atoms with Crippen LogP contribution in [0.25, 0.3) is 44.2 Å². The molecule has 0 bridgehead atoms. The molecule has 0 aliphatic heterocycles. The van der Waals surface area contributed by atoms with Crippen molar-refractivity contribution < 1.29 is 4.42 Å². The van der Waals surface area contributed by atoms with Gasteiger partial charge in [0.1, 0.15) is 11.2 Å². The summed E-state index contributed by atoms with van der Waals surface area (Å²) in [7, 11) is 0. The maximum Gasteiger partial charge on any atom is 0.137 e. The third-order valence-electron chi connectivity index (χ3n) is 12.1. The Morgan fingerprint density at radius 2 is 1.17 bits per heavy atom. The molecule has 2 aliphatic carbocycles. The zero-order chi connectivity index (χ0) is 36.5. The number of furan rings is 1. The van der Waals surface area contributed by atoms with Crippen molar-refractivity contribution in [2.45, 2.75) is 90.9 Å². The fourth-order valence-corrected chi connectivity index (χ4v) is 9.31. The highest BCUT2D eigenvalue weighted by Gasteiger charge is 2.42. The molecule has 52 heavy (non-hydrogen) atoms. The Hall–Kier alpha value is -5.08. The number of para-hydroxylation sites is 1. The Bertz CT molecular complexity index is 2600. The molecule has 2 heteroatoms. The molecule has 2 aliphatic rings. The first-order valence-corrected chi connectivity index (χ1v) is 18.9. The van der Waals surface area contributed by atoms with E-state index in [0.717, 1.165) is 33.3 Å². The van der Waals surface area contributed by atoms with E-state index in [1.165, 1.54) is 61.3 Å². The van der Waals surface area contributed by atoms with Crippen LogP contribution < -0.4 is 4.90 Å². The standard InChI is InChI=1S/C50H49NO/c1-47(2,3)30-26-37-33-24-22-31(28-40(33)50(9,10)46(37)41(27-30)48(4,5)6)51(32-23-25-35-34-16-12-14-21-43(34)52-44(35)29-32)42-20-15-19-39-45(42)36-17-11-13-18-38(36)49(39,7)8/h11-29H,1-10H3. The number of benzene rings is 6. The van der Waals surface area contributed by atoms with Crippen molar-refractivity contribution in [2.75, 3.05) is 4.90 Å². The van der Waals surface area contributed by atoms with Crippen LogP contribution in [0.4, 0.5) is 17.1 Å². The van der Waals surface area contributed by atoms with Gasteiger partial charge in [-0.2, -0.15) is 0 Å². The van der Waals surface area contributed by atoms with E-state index in [4.69, 9.17) is 4.42 Å². The second-order valence-electron chi connectivity index (χ2n) is 18.3. The van der Waals surface area contributed by atoms with Crippen molar-refractivity contribution in [3.05, 3.63) is 149 Å². The molecule has 9 rings (SSSR count). The number of anilines is 3. The van der Waals surface area contributed by atoms with Crippen molar-refractivity contribution in [1.82, 2.24) is 0 Å². The third-order valence-corrected chi connectivity index (χ3v) is 12.1. The van der Waals surface area contributed by atoms with Gasteiger partial charge in [0.2, 0.25) is 0 Å². The van der Waals surface area contributed by atoms with Gasteiger partial charge in [-0.15, -0.1) is 0 Å². The maximum absolute atomic E-state index is 6.50. The monoisotopic (exact) mass is 679 g/mol. The lowest BCUT2D eigenvalue weighted by atomic mass is 9.71. The Balaban J connectivity index is 1.31. The van der Waals surface area contributed by atoms with Gasteiger partial charge < -0.3 is 9.32 Å². The quantitative estimate of drug-likeness (QED) is 0.185. The van der Waals surface area contributed by atoms with Crippen LogP contribution >= 0.6 is 0 Å². The molecule has 0 N–H and O–H groups in total. The summed E-state index contributed by atoms with van der Waals surface area (Å²) in [4.78, 5) is 2.48. The van der Waals surface area contributed by atoms with E-state index >= 15 is 0 Å². The summed E-state index contributed by atoms with van der Waals surface area (Å²) in [6, 6.07) is 43.1. The summed E-state index contributed by atoms with van der Waals surface area (Å²) in [6.07, 6.45) is 0. The van der Waals surface area contributed by atoms with Gasteiger partial charge in [-0.3, -0.25) is 0 Å². The van der Waals surface area contributed by atoms with Crippen molar-refractivity contribution in [2.24, 2.45) is 0 Å². The molecule has 7 aromatic rings. The van der Waals surface area contributed by atoms with Crippen LogP contribution in [-0.4, -0.2) is 0 Å². The second kappa shape index (κ2) is 10.7. The Morgan fingerprint density at radius 3 is 1.94 bits per heavy atom. The molecular weight excluding hydrogens is 631 g/mol. The fraction of sp³-hybridized carbons (Fsp3) is 0.280. The molecule has 0 saturated heterocycles. The van der Waals surface area contributed by atoms with Gasteiger partial charge >= 0.3 is 0 Å². The molecule has 260 valence electrons. The van der Waals surface area contributed by atoms with Gasteiger partial charge in [-0.25, -0.2) is 0 Å². The zero-order valence-corrected chi connectivity index (χ0v) is 32.3. The molecule has 0 amide bonds. The number of fused-ring (bicyclic) bond motifs is 9. The maximum atomic E-state index is 6.50. The van der Waals surface area contributed by atoms with Crippen LogP contribution in [0, 0.1) is 0 Å². The number of rotatable bonds is 3. The predicted molar refractivity (Wildman–Crippen MR) is 221 cm³/mol. The molecule has 0 spiro atoms. The minimum absolute atomic E-state index is 0.00625. The second-order valence-corrected chi connectivity index (χ2v) is 18.3. The summed E-state index contributed by atoms with van der Waals surface area (Å²) >= 11 is 0. The topological polar surface area (TPSA) is 16.4 Å². The first kappa shape index (κ1) is 32.8. The molecule has 0 unspecified atom stereocenters. The van der Waals surface area contributed by atoms with E-state index < -0.39 is 0 Å². The van der Waals surface area contributed by atoms with Crippen molar-refractivity contribution in [1.29, 1.82) is 0 Å². The minimum Gasteiger partial charge on any atom is -0.456 e. The molecule has 0 saturated carbocycles. The van der Waals surface area contributed by atoms with Gasteiger partial charge in [0.25, 0.3) is 0 Å². The average molecular weight is 680 g/mol. The molecule has 6 aromatic carbocycles. The van der Waals surface area contributed by atoms with Crippen LogP contribution in [-0.2, 0) is 21.7 Å². The normalized spacial score (nSPS) is 15.4. The van der Waals surface area contributed by atoms with Gasteiger partial charge in [-0.1, -0.05) is 142 Å². The highest BCUT2D eigenvalue weighted by Crippen LogP contribution is 2.57. The third kappa shape index (κ3) is 4.62. The fourth-order valence-electron chi connectivity index (χ4n) is 9.31. The van der Waals surface area contributed by atoms with E-state index in [0.29, 0.717) is 0 Å². The van der Waals surface area contributed by atoms with E-state index in [-0.39, 0.29) is 21.7 Å². The summed E-state index contributed by atoms with van der Waals surface area (Å²) in [5, 5.41) is 2.28. The summed E-state index contributed by atoms with van der Waals surface area (Å²) in [5.74, 6) is 0. The van der Waals surface area contributed by atoms with Gasteiger partial charge in [0.05, 0.1) is 5.69 Å². The molecule has 1 aromatic heterocycles. The lowest BCUT2D eigenvalue weighted by molar-refractivity contribution is 0.545. The zero-order valence-electron chi connectivity index (χ0n) is 32.3. The predicted octanol–water partition coefficient (Wildman–Crippen LogP) is 14.3. The largest absolute Gasteiger partial charge is 0.456 e. The molecule has 0 atom stereocenters. The number of hydrogen-bond donors (Lipinski definition) is 0. The Labute approximate surface area is 309 Å². The first-order valence-electron chi connectivity index (χ1n) is 18.9. The lowest BCUT2D eigenvalue weighted by Gasteiger charge is -2.33. The highest BCUT2D eigenvalue weighted by molar-refractivity contribution is 6.06. The SMILES string of the molecule is CC(C)(C)c1cc2c(c(C(C)(C)C)c1)C(C)(C)c1cc(N(c3ccc4c(c3)oc3ccccc34)c3cccc4c3-c3ccccc3C4(C)C)ccc1-2. The van der Waals surface area contributed by atoms with Crippen LogP contribution in [0.1, 0.15) is 103 Å². The van der Waals surface area contributed by atoms with E-state index in [2.05, 4.69) is 183 Å². The Morgan fingerprint density at radius 1 is 0.500 bits per heavy atom. The minimum atomic E-state index is -0.179. The molecule has 0 fully saturated rings. The molecular formula is C50H49NO. The summed E-state index contributed by atoms with van der Waals surface area (Å²) in [6.45, 7) is 23.7. The van der Waals surface area contributed by atoms with Gasteiger partial charge in [-0.05, 0) is 97.3 Å². The van der Waals surface area contributed by atoms with Crippen molar-refractivity contribution >= 4 is 39.0 Å². The summed E-state index contributed by atoms with van der Waals surface area (Å²) < 4.78 is 6.50. The first-order chi connectivity index (χ1) is 24.6. The molecule has 1 heterocycles. The van der Waals surface area contributed by atoms with E-state index in [9.17, 15) is 0 Å². The number of nitrogens with zero attached hydrogens (tertiary/aromatic N) is 1.